The summed E-state index contributed by atoms with van der Waals surface area (Å²) in [6.45, 7) is 19.6. The van der Waals surface area contributed by atoms with Crippen molar-refractivity contribution < 1.29 is 19.6 Å². The third-order valence-corrected chi connectivity index (χ3v) is 6.76. The van der Waals surface area contributed by atoms with Crippen LogP contribution in [0.3, 0.4) is 0 Å². The van der Waals surface area contributed by atoms with Crippen LogP contribution < -0.4 is 0 Å². The maximum atomic E-state index is 6.19. The lowest BCUT2D eigenvalue weighted by atomic mass is 9.66. The quantitative estimate of drug-likeness (QED) is 0.124. The molecule has 0 saturated heterocycles. The molecule has 0 aromatic carbocycles. The maximum absolute atomic E-state index is 6.19. The lowest BCUT2D eigenvalue weighted by molar-refractivity contribution is -0.562. The molecule has 4 nitrogen and oxygen atoms in total. The lowest BCUT2D eigenvalue weighted by Gasteiger charge is -2.49. The van der Waals surface area contributed by atoms with Crippen molar-refractivity contribution >= 4 is 0 Å². The fraction of sp³-hybridized carbons (Fsp3) is 1.00. The van der Waals surface area contributed by atoms with Crippen LogP contribution in [0.4, 0.5) is 0 Å². The summed E-state index contributed by atoms with van der Waals surface area (Å²) in [4.78, 5) is 24.5. The van der Waals surface area contributed by atoms with Crippen LogP contribution in [0.15, 0.2) is 0 Å². The zero-order chi connectivity index (χ0) is 22.2. The van der Waals surface area contributed by atoms with Crippen LogP contribution in [0.25, 0.3) is 0 Å². The molecular weight excluding hydrogens is 364 g/mol. The first-order valence-corrected chi connectivity index (χ1v) is 12.1. The highest BCUT2D eigenvalue weighted by Gasteiger charge is 2.52. The van der Waals surface area contributed by atoms with E-state index >= 15 is 0 Å². The molecule has 0 heterocycles. The van der Waals surface area contributed by atoms with E-state index in [-0.39, 0.29) is 22.5 Å². The highest BCUT2D eigenvalue weighted by Crippen LogP contribution is 2.49. The van der Waals surface area contributed by atoms with Gasteiger partial charge in [-0.15, -0.1) is 0 Å². The van der Waals surface area contributed by atoms with Gasteiger partial charge in [-0.25, -0.2) is 9.78 Å². The zero-order valence-corrected chi connectivity index (χ0v) is 21.0. The second-order valence-electron chi connectivity index (χ2n) is 11.1. The molecule has 174 valence electrons. The van der Waals surface area contributed by atoms with Crippen LogP contribution in [-0.4, -0.2) is 17.0 Å². The molecule has 1 aliphatic rings. The molecule has 0 aromatic rings. The van der Waals surface area contributed by atoms with E-state index in [1.807, 2.05) is 0 Å². The predicted octanol–water partition coefficient (Wildman–Crippen LogP) is 8.14. The van der Waals surface area contributed by atoms with Gasteiger partial charge in [0.05, 0.1) is 11.2 Å². The SMILES string of the molecule is CCCCCC(C)(C)OOC1(OOC(C)(C)CCCCC)CCCC(C)(C)C1C. The Kier molecular flexibility index (Phi) is 10.6. The van der Waals surface area contributed by atoms with Crippen molar-refractivity contribution in [2.45, 2.75) is 150 Å². The summed E-state index contributed by atoms with van der Waals surface area (Å²) in [6, 6.07) is 0. The van der Waals surface area contributed by atoms with Crippen LogP contribution in [0.2, 0.25) is 0 Å². The van der Waals surface area contributed by atoms with E-state index < -0.39 is 5.79 Å². The predicted molar refractivity (Wildman–Crippen MR) is 120 cm³/mol. The minimum absolute atomic E-state index is 0.101. The average molecular weight is 415 g/mol. The summed E-state index contributed by atoms with van der Waals surface area (Å²) in [5.74, 6) is -0.715. The average Bonchev–Trinajstić information content (AvgIpc) is 2.62. The molecule has 0 aromatic heterocycles. The fourth-order valence-corrected chi connectivity index (χ4v) is 4.11. The molecule has 1 saturated carbocycles. The van der Waals surface area contributed by atoms with Crippen LogP contribution in [0.1, 0.15) is 133 Å². The van der Waals surface area contributed by atoms with Gasteiger partial charge in [-0.2, -0.15) is 9.78 Å². The van der Waals surface area contributed by atoms with Crippen molar-refractivity contribution in [3.8, 4) is 0 Å². The molecule has 0 aliphatic heterocycles. The van der Waals surface area contributed by atoms with E-state index in [0.717, 1.165) is 44.9 Å². The summed E-state index contributed by atoms with van der Waals surface area (Å²) >= 11 is 0. The molecule has 1 atom stereocenters. The second-order valence-corrected chi connectivity index (χ2v) is 11.1. The molecule has 0 N–H and O–H groups in total. The summed E-state index contributed by atoms with van der Waals surface area (Å²) < 4.78 is 0. The smallest absolute Gasteiger partial charge is 0.228 e. The molecule has 0 spiro atoms. The monoisotopic (exact) mass is 414 g/mol. The van der Waals surface area contributed by atoms with E-state index in [1.165, 1.54) is 25.7 Å². The van der Waals surface area contributed by atoms with Gasteiger partial charge in [0.25, 0.3) is 0 Å². The third-order valence-electron chi connectivity index (χ3n) is 6.76. The third kappa shape index (κ3) is 8.85. The van der Waals surface area contributed by atoms with Crippen molar-refractivity contribution in [2.75, 3.05) is 0 Å². The van der Waals surface area contributed by atoms with Gasteiger partial charge in [0, 0.05) is 12.3 Å². The molecule has 1 unspecified atom stereocenters. The molecule has 1 fully saturated rings. The first-order chi connectivity index (χ1) is 13.4. The van der Waals surface area contributed by atoms with Gasteiger partial charge in [-0.1, -0.05) is 73.1 Å². The highest BCUT2D eigenvalue weighted by atomic mass is 17.3. The maximum Gasteiger partial charge on any atom is 0.237 e. The Morgan fingerprint density at radius 3 is 1.62 bits per heavy atom. The lowest BCUT2D eigenvalue weighted by Crippen LogP contribution is -2.53. The van der Waals surface area contributed by atoms with Crippen molar-refractivity contribution in [3.63, 3.8) is 0 Å². The number of unbranched alkanes of at least 4 members (excludes halogenated alkanes) is 4. The Hall–Kier alpha value is -0.160. The molecule has 0 radical (unpaired) electrons. The number of hydrogen-bond donors (Lipinski definition) is 0. The Morgan fingerprint density at radius 1 is 0.759 bits per heavy atom. The standard InChI is InChI=1S/C25H50O4/c1-10-12-14-18-23(6,7)26-28-25(20-16-17-22(4,5)21(25)3)29-27-24(8,9)19-15-13-11-2/h21H,10-20H2,1-9H3. The van der Waals surface area contributed by atoms with E-state index in [2.05, 4.69) is 62.3 Å². The molecule has 0 bridgehead atoms. The van der Waals surface area contributed by atoms with Gasteiger partial charge < -0.3 is 0 Å². The fourth-order valence-electron chi connectivity index (χ4n) is 4.11. The van der Waals surface area contributed by atoms with Crippen molar-refractivity contribution in [1.29, 1.82) is 0 Å². The Labute approximate surface area is 181 Å². The molecule has 4 heteroatoms. The van der Waals surface area contributed by atoms with Gasteiger partial charge in [0.2, 0.25) is 5.79 Å². The number of rotatable bonds is 14. The molecule has 1 rings (SSSR count). The second kappa shape index (κ2) is 11.5. The summed E-state index contributed by atoms with van der Waals surface area (Å²) in [6.07, 6.45) is 12.0. The van der Waals surface area contributed by atoms with Crippen LogP contribution in [-0.2, 0) is 19.6 Å². The largest absolute Gasteiger partial charge is 0.237 e. The summed E-state index contributed by atoms with van der Waals surface area (Å²) in [5.41, 5.74) is -0.587. The van der Waals surface area contributed by atoms with E-state index in [9.17, 15) is 0 Å². The molecule has 29 heavy (non-hydrogen) atoms. The molecule has 0 amide bonds. The van der Waals surface area contributed by atoms with Gasteiger partial charge in [0.1, 0.15) is 0 Å². The first-order valence-electron chi connectivity index (χ1n) is 12.1. The van der Waals surface area contributed by atoms with E-state index in [1.54, 1.807) is 0 Å². The highest BCUT2D eigenvalue weighted by molar-refractivity contribution is 4.91. The van der Waals surface area contributed by atoms with Crippen LogP contribution in [0, 0.1) is 11.3 Å². The van der Waals surface area contributed by atoms with Gasteiger partial charge in [-0.05, 0) is 58.8 Å². The zero-order valence-electron chi connectivity index (χ0n) is 21.0. The van der Waals surface area contributed by atoms with Gasteiger partial charge in [-0.3, -0.25) is 0 Å². The van der Waals surface area contributed by atoms with Crippen molar-refractivity contribution in [3.05, 3.63) is 0 Å². The molecular formula is C25H50O4. The van der Waals surface area contributed by atoms with Gasteiger partial charge >= 0.3 is 0 Å². The minimum atomic E-state index is -0.869. The topological polar surface area (TPSA) is 36.9 Å². The van der Waals surface area contributed by atoms with Crippen LogP contribution in [0.5, 0.6) is 0 Å². The summed E-state index contributed by atoms with van der Waals surface area (Å²) in [7, 11) is 0. The summed E-state index contributed by atoms with van der Waals surface area (Å²) in [5, 5.41) is 0. The first kappa shape index (κ1) is 26.9. The normalized spacial score (nSPS) is 22.0. The Morgan fingerprint density at radius 2 is 1.21 bits per heavy atom. The van der Waals surface area contributed by atoms with Crippen molar-refractivity contribution in [2.24, 2.45) is 11.3 Å². The Bertz CT molecular complexity index is 430. The van der Waals surface area contributed by atoms with E-state index in [4.69, 9.17) is 19.6 Å². The van der Waals surface area contributed by atoms with Crippen LogP contribution >= 0.6 is 0 Å². The van der Waals surface area contributed by atoms with Gasteiger partial charge in [0.15, 0.2) is 0 Å². The van der Waals surface area contributed by atoms with Crippen molar-refractivity contribution in [1.82, 2.24) is 0 Å². The minimum Gasteiger partial charge on any atom is -0.228 e. The molecule has 1 aliphatic carbocycles. The Balaban J connectivity index is 2.85. The van der Waals surface area contributed by atoms with E-state index in [0.29, 0.717) is 0 Å². The number of hydrogen-bond acceptors (Lipinski definition) is 4.